The van der Waals surface area contributed by atoms with E-state index in [1.165, 1.54) is 6.42 Å². The summed E-state index contributed by atoms with van der Waals surface area (Å²) in [6, 6.07) is 0. The average Bonchev–Trinajstić information content (AvgIpc) is 2.76. The van der Waals surface area contributed by atoms with Gasteiger partial charge in [-0.1, -0.05) is 6.92 Å². The third-order valence-corrected chi connectivity index (χ3v) is 6.19. The first-order chi connectivity index (χ1) is 10.6. The normalized spacial score (nSPS) is 50.2. The quantitative estimate of drug-likeness (QED) is 0.807. The van der Waals surface area contributed by atoms with Crippen molar-refractivity contribution in [1.29, 1.82) is 0 Å². The van der Waals surface area contributed by atoms with Crippen LogP contribution in [0.25, 0.3) is 0 Å². The lowest BCUT2D eigenvalue weighted by atomic mass is 9.61. The summed E-state index contributed by atoms with van der Waals surface area (Å²) in [5.74, 6) is -0.512. The highest BCUT2D eigenvalue weighted by molar-refractivity contribution is 5.66. The number of fused-ring (bicyclic) bond motifs is 2. The molecule has 0 unspecified atom stereocenters. The topological polar surface area (TPSA) is 74.2 Å². The van der Waals surface area contributed by atoms with Crippen molar-refractivity contribution in [3.63, 3.8) is 0 Å². The molecule has 0 amide bonds. The standard InChI is InChI=1S/C16H24O6/c1-10-2-3-11-6-9-19-14-16(11)12(10)4-7-15(20-14,21-22-16)8-5-13(17)18/h10-12,14H,2-9H2,1H3,(H,17,18)/t10-,11+,12+,14+,15+,16+/m1/s1. The monoisotopic (exact) mass is 312 g/mol. The van der Waals surface area contributed by atoms with Crippen LogP contribution in [0, 0.1) is 17.8 Å². The fourth-order valence-corrected chi connectivity index (χ4v) is 4.99. The second kappa shape index (κ2) is 5.16. The van der Waals surface area contributed by atoms with Crippen LogP contribution in [0.3, 0.4) is 0 Å². The van der Waals surface area contributed by atoms with Gasteiger partial charge >= 0.3 is 5.97 Å². The first-order valence-corrected chi connectivity index (χ1v) is 8.44. The summed E-state index contributed by atoms with van der Waals surface area (Å²) >= 11 is 0. The van der Waals surface area contributed by atoms with Crippen LogP contribution >= 0.6 is 0 Å². The van der Waals surface area contributed by atoms with E-state index in [9.17, 15) is 4.79 Å². The molecule has 1 spiro atoms. The number of aliphatic carboxylic acids is 1. The molecule has 1 N–H and O–H groups in total. The Morgan fingerprint density at radius 2 is 2.09 bits per heavy atom. The summed E-state index contributed by atoms with van der Waals surface area (Å²) in [5, 5.41) is 8.98. The molecule has 5 fully saturated rings. The number of carboxylic acid groups (broad SMARTS) is 1. The minimum atomic E-state index is -0.965. The molecule has 5 rings (SSSR count). The fraction of sp³-hybridized carbons (Fsp3) is 0.938. The predicted octanol–water partition coefficient (Wildman–Crippen LogP) is 2.47. The molecule has 6 heteroatoms. The first-order valence-electron chi connectivity index (χ1n) is 8.44. The number of ether oxygens (including phenoxy) is 2. The van der Waals surface area contributed by atoms with Gasteiger partial charge in [0.05, 0.1) is 13.0 Å². The van der Waals surface area contributed by atoms with Gasteiger partial charge in [0, 0.05) is 12.8 Å². The molecule has 5 aliphatic rings. The molecule has 4 heterocycles. The number of carbonyl (C=O) groups is 1. The SMILES string of the molecule is C[C@@H]1CC[C@H]2CCO[C@H]3O[C@@]4(CCC(=O)O)CC[C@@H]1[C@@]23OO4. The third kappa shape index (κ3) is 2.04. The van der Waals surface area contributed by atoms with E-state index in [0.717, 1.165) is 19.3 Å². The zero-order chi connectivity index (χ0) is 15.4. The van der Waals surface area contributed by atoms with Gasteiger partial charge < -0.3 is 14.6 Å². The van der Waals surface area contributed by atoms with E-state index in [4.69, 9.17) is 24.4 Å². The molecule has 0 aromatic heterocycles. The van der Waals surface area contributed by atoms with Gasteiger partial charge in [-0.25, -0.2) is 9.78 Å². The van der Waals surface area contributed by atoms with Crippen molar-refractivity contribution >= 4 is 5.97 Å². The lowest BCUT2D eigenvalue weighted by Gasteiger charge is -2.57. The van der Waals surface area contributed by atoms with E-state index >= 15 is 0 Å². The highest BCUT2D eigenvalue weighted by atomic mass is 17.3. The highest BCUT2D eigenvalue weighted by Crippen LogP contribution is 2.59. The summed E-state index contributed by atoms with van der Waals surface area (Å²) in [6.45, 7) is 2.95. The van der Waals surface area contributed by atoms with E-state index in [-0.39, 0.29) is 6.42 Å². The first kappa shape index (κ1) is 14.9. The molecule has 124 valence electrons. The summed E-state index contributed by atoms with van der Waals surface area (Å²) in [7, 11) is 0. The second-order valence-electron chi connectivity index (χ2n) is 7.33. The lowest BCUT2D eigenvalue weighted by Crippen LogP contribution is -2.67. The lowest BCUT2D eigenvalue weighted by molar-refractivity contribution is -0.568. The van der Waals surface area contributed by atoms with Gasteiger partial charge in [0.25, 0.3) is 0 Å². The van der Waals surface area contributed by atoms with Gasteiger partial charge in [-0.2, -0.15) is 0 Å². The van der Waals surface area contributed by atoms with Crippen LogP contribution in [-0.2, 0) is 24.0 Å². The molecular formula is C16H24O6. The maximum atomic E-state index is 10.9. The van der Waals surface area contributed by atoms with Gasteiger partial charge in [-0.3, -0.25) is 4.79 Å². The van der Waals surface area contributed by atoms with E-state index in [2.05, 4.69) is 6.92 Å². The van der Waals surface area contributed by atoms with Crippen molar-refractivity contribution in [3.8, 4) is 0 Å². The molecule has 0 aromatic carbocycles. The Morgan fingerprint density at radius 1 is 1.23 bits per heavy atom. The van der Waals surface area contributed by atoms with E-state index in [0.29, 0.717) is 37.2 Å². The predicted molar refractivity (Wildman–Crippen MR) is 74.6 cm³/mol. The smallest absolute Gasteiger partial charge is 0.303 e. The molecule has 4 saturated heterocycles. The number of hydrogen-bond donors (Lipinski definition) is 1. The molecule has 6 nitrogen and oxygen atoms in total. The summed E-state index contributed by atoms with van der Waals surface area (Å²) in [4.78, 5) is 22.7. The van der Waals surface area contributed by atoms with Crippen LogP contribution in [0.1, 0.15) is 51.9 Å². The fourth-order valence-electron chi connectivity index (χ4n) is 4.99. The number of hydrogen-bond acceptors (Lipinski definition) is 5. The summed E-state index contributed by atoms with van der Waals surface area (Å²) in [5.41, 5.74) is -0.501. The molecule has 0 aromatic rings. The average molecular weight is 312 g/mol. The molecule has 4 aliphatic heterocycles. The zero-order valence-electron chi connectivity index (χ0n) is 13.0. The Labute approximate surface area is 130 Å². The Bertz CT molecular complexity index is 464. The highest BCUT2D eigenvalue weighted by Gasteiger charge is 2.67. The van der Waals surface area contributed by atoms with Gasteiger partial charge in [-0.15, -0.1) is 0 Å². The molecule has 2 bridgehead atoms. The number of carboxylic acids is 1. The van der Waals surface area contributed by atoms with Gasteiger partial charge in [0.2, 0.25) is 5.79 Å². The van der Waals surface area contributed by atoms with Crippen molar-refractivity contribution in [3.05, 3.63) is 0 Å². The van der Waals surface area contributed by atoms with Gasteiger partial charge in [0.15, 0.2) is 11.9 Å². The molecular weight excluding hydrogens is 288 g/mol. The van der Waals surface area contributed by atoms with Gasteiger partial charge in [-0.05, 0) is 43.4 Å². The van der Waals surface area contributed by atoms with Crippen LogP contribution in [-0.4, -0.2) is 35.4 Å². The molecule has 1 saturated carbocycles. The van der Waals surface area contributed by atoms with E-state index in [1.807, 2.05) is 0 Å². The van der Waals surface area contributed by atoms with Crippen molar-refractivity contribution in [1.82, 2.24) is 0 Å². The maximum absolute atomic E-state index is 10.9. The van der Waals surface area contributed by atoms with E-state index in [1.54, 1.807) is 0 Å². The Hall–Kier alpha value is -0.690. The van der Waals surface area contributed by atoms with Crippen LogP contribution < -0.4 is 0 Å². The molecule has 22 heavy (non-hydrogen) atoms. The minimum Gasteiger partial charge on any atom is -0.481 e. The van der Waals surface area contributed by atoms with Crippen LogP contribution in [0.4, 0.5) is 0 Å². The van der Waals surface area contributed by atoms with E-state index < -0.39 is 23.6 Å². The van der Waals surface area contributed by atoms with Crippen LogP contribution in [0.15, 0.2) is 0 Å². The Balaban J connectivity index is 1.66. The zero-order valence-corrected chi connectivity index (χ0v) is 13.0. The summed E-state index contributed by atoms with van der Waals surface area (Å²) < 4.78 is 12.1. The van der Waals surface area contributed by atoms with Gasteiger partial charge in [0.1, 0.15) is 0 Å². The minimum absolute atomic E-state index is 0.00668. The van der Waals surface area contributed by atoms with Crippen LogP contribution in [0.2, 0.25) is 0 Å². The molecule has 0 radical (unpaired) electrons. The number of rotatable bonds is 3. The molecule has 6 atom stereocenters. The maximum Gasteiger partial charge on any atom is 0.303 e. The van der Waals surface area contributed by atoms with Crippen molar-refractivity contribution < 1.29 is 29.1 Å². The summed E-state index contributed by atoms with van der Waals surface area (Å²) in [6.07, 6.45) is 4.79. The van der Waals surface area contributed by atoms with Crippen molar-refractivity contribution in [2.45, 2.75) is 69.5 Å². The van der Waals surface area contributed by atoms with Crippen LogP contribution in [0.5, 0.6) is 0 Å². The second-order valence-corrected chi connectivity index (χ2v) is 7.33. The Morgan fingerprint density at radius 3 is 2.91 bits per heavy atom. The molecule has 1 aliphatic carbocycles. The third-order valence-electron chi connectivity index (χ3n) is 6.19. The van der Waals surface area contributed by atoms with Crippen molar-refractivity contribution in [2.24, 2.45) is 17.8 Å². The largest absolute Gasteiger partial charge is 0.481 e. The van der Waals surface area contributed by atoms with Crippen molar-refractivity contribution in [2.75, 3.05) is 6.61 Å². The Kier molecular flexibility index (Phi) is 3.49.